The van der Waals surface area contributed by atoms with E-state index in [0.717, 1.165) is 0 Å². The SMILES string of the molecule is COCc1nn(-c2ccc(C#N)cc2)c(Cl)c1C#N. The summed E-state index contributed by atoms with van der Waals surface area (Å²) in [6, 6.07) is 10.8. The van der Waals surface area contributed by atoms with Crippen LogP contribution in [0.1, 0.15) is 16.8 Å². The second-order valence-corrected chi connectivity index (χ2v) is 4.09. The third-order valence-electron chi connectivity index (χ3n) is 2.54. The van der Waals surface area contributed by atoms with Gasteiger partial charge in [-0.25, -0.2) is 4.68 Å². The average molecular weight is 273 g/mol. The van der Waals surface area contributed by atoms with Crippen LogP contribution in [0.3, 0.4) is 0 Å². The van der Waals surface area contributed by atoms with Crippen LogP contribution in [0.5, 0.6) is 0 Å². The summed E-state index contributed by atoms with van der Waals surface area (Å²) >= 11 is 6.13. The third-order valence-corrected chi connectivity index (χ3v) is 2.88. The van der Waals surface area contributed by atoms with Gasteiger partial charge in [0.25, 0.3) is 0 Å². The van der Waals surface area contributed by atoms with Crippen molar-refractivity contribution in [3.05, 3.63) is 46.2 Å². The van der Waals surface area contributed by atoms with Crippen molar-refractivity contribution in [1.29, 1.82) is 10.5 Å². The Morgan fingerprint density at radius 3 is 2.47 bits per heavy atom. The van der Waals surface area contributed by atoms with Crippen LogP contribution in [0.2, 0.25) is 5.15 Å². The molecule has 1 aromatic heterocycles. The van der Waals surface area contributed by atoms with Crippen molar-refractivity contribution >= 4 is 11.6 Å². The van der Waals surface area contributed by atoms with E-state index in [1.165, 1.54) is 11.8 Å². The molecule has 0 amide bonds. The summed E-state index contributed by atoms with van der Waals surface area (Å²) in [5, 5.41) is 22.3. The Hall–Kier alpha value is -2.34. The highest BCUT2D eigenvalue weighted by molar-refractivity contribution is 6.31. The number of nitriles is 2. The molecule has 0 aliphatic heterocycles. The third kappa shape index (κ3) is 2.43. The maximum atomic E-state index is 9.08. The molecule has 0 aliphatic carbocycles. The molecule has 0 unspecified atom stereocenters. The molecule has 0 spiro atoms. The molecule has 6 heteroatoms. The number of halogens is 1. The second-order valence-electron chi connectivity index (χ2n) is 3.73. The molecule has 0 bridgehead atoms. The van der Waals surface area contributed by atoms with E-state index in [0.29, 0.717) is 22.5 Å². The monoisotopic (exact) mass is 272 g/mol. The van der Waals surface area contributed by atoms with Gasteiger partial charge in [-0.1, -0.05) is 11.6 Å². The Morgan fingerprint density at radius 2 is 1.95 bits per heavy atom. The Kier molecular flexibility index (Phi) is 3.82. The maximum absolute atomic E-state index is 9.08. The number of rotatable bonds is 3. The number of hydrogen-bond donors (Lipinski definition) is 0. The first-order chi connectivity index (χ1) is 9.21. The van der Waals surface area contributed by atoms with Crippen LogP contribution in [0.4, 0.5) is 0 Å². The largest absolute Gasteiger partial charge is 0.378 e. The van der Waals surface area contributed by atoms with Crippen LogP contribution in [0, 0.1) is 22.7 Å². The lowest BCUT2D eigenvalue weighted by Gasteiger charge is -2.02. The molecule has 1 heterocycles. The zero-order chi connectivity index (χ0) is 13.8. The molecular weight excluding hydrogens is 264 g/mol. The predicted octanol–water partition coefficient (Wildman–Crippen LogP) is 2.42. The fourth-order valence-corrected chi connectivity index (χ4v) is 1.92. The smallest absolute Gasteiger partial charge is 0.151 e. The normalized spacial score (nSPS) is 9.89. The van der Waals surface area contributed by atoms with Gasteiger partial charge in [-0.2, -0.15) is 15.6 Å². The van der Waals surface area contributed by atoms with E-state index in [2.05, 4.69) is 5.10 Å². The summed E-state index contributed by atoms with van der Waals surface area (Å²) in [6.07, 6.45) is 0. The van der Waals surface area contributed by atoms with Gasteiger partial charge in [-0.15, -0.1) is 0 Å². The van der Waals surface area contributed by atoms with Crippen molar-refractivity contribution in [1.82, 2.24) is 9.78 Å². The Balaban J connectivity index is 2.50. The van der Waals surface area contributed by atoms with Crippen LogP contribution in [-0.2, 0) is 11.3 Å². The van der Waals surface area contributed by atoms with E-state index in [-0.39, 0.29) is 11.8 Å². The molecule has 1 aromatic carbocycles. The highest BCUT2D eigenvalue weighted by Gasteiger charge is 2.16. The lowest BCUT2D eigenvalue weighted by atomic mass is 10.2. The summed E-state index contributed by atoms with van der Waals surface area (Å²) in [7, 11) is 1.52. The summed E-state index contributed by atoms with van der Waals surface area (Å²) < 4.78 is 6.44. The molecule has 0 radical (unpaired) electrons. The Morgan fingerprint density at radius 1 is 1.26 bits per heavy atom. The molecular formula is C13H9ClN4O. The van der Waals surface area contributed by atoms with Crippen LogP contribution >= 0.6 is 11.6 Å². The second kappa shape index (κ2) is 5.53. The van der Waals surface area contributed by atoms with E-state index in [4.69, 9.17) is 26.9 Å². The van der Waals surface area contributed by atoms with Crippen molar-refractivity contribution in [3.63, 3.8) is 0 Å². The standard InChI is InChI=1S/C13H9ClN4O/c1-19-8-12-11(7-16)13(14)18(17-12)10-4-2-9(6-15)3-5-10/h2-5H,8H2,1H3. The zero-order valence-electron chi connectivity index (χ0n) is 10.1. The van der Waals surface area contributed by atoms with E-state index < -0.39 is 0 Å². The molecule has 2 aromatic rings. The minimum absolute atomic E-state index is 0.214. The molecule has 5 nitrogen and oxygen atoms in total. The van der Waals surface area contributed by atoms with Gasteiger partial charge < -0.3 is 4.74 Å². The van der Waals surface area contributed by atoms with Gasteiger partial charge in [0.2, 0.25) is 0 Å². The molecule has 0 saturated heterocycles. The molecule has 0 N–H and O–H groups in total. The summed E-state index contributed by atoms with van der Waals surface area (Å²) in [4.78, 5) is 0. The summed E-state index contributed by atoms with van der Waals surface area (Å²) in [5.41, 5.74) is 2.01. The van der Waals surface area contributed by atoms with Gasteiger partial charge in [0.15, 0.2) is 5.15 Å². The fourth-order valence-electron chi connectivity index (χ4n) is 1.64. The van der Waals surface area contributed by atoms with E-state index in [9.17, 15) is 0 Å². The predicted molar refractivity (Wildman–Crippen MR) is 68.7 cm³/mol. The number of aromatic nitrogens is 2. The molecule has 2 rings (SSSR count). The lowest BCUT2D eigenvalue weighted by Crippen LogP contribution is -1.98. The van der Waals surface area contributed by atoms with Crippen molar-refractivity contribution in [2.75, 3.05) is 7.11 Å². The van der Waals surface area contributed by atoms with Crippen molar-refractivity contribution < 1.29 is 4.74 Å². The molecule has 0 fully saturated rings. The Bertz CT molecular complexity index is 676. The van der Waals surface area contributed by atoms with Gasteiger partial charge in [-0.3, -0.25) is 0 Å². The van der Waals surface area contributed by atoms with E-state index >= 15 is 0 Å². The Labute approximate surface area is 115 Å². The minimum atomic E-state index is 0.214. The molecule has 94 valence electrons. The van der Waals surface area contributed by atoms with Crippen molar-refractivity contribution in [3.8, 4) is 17.8 Å². The van der Waals surface area contributed by atoms with Gasteiger partial charge in [0, 0.05) is 7.11 Å². The first-order valence-corrected chi connectivity index (χ1v) is 5.76. The summed E-state index contributed by atoms with van der Waals surface area (Å²) in [6.45, 7) is 0.214. The van der Waals surface area contributed by atoms with Crippen LogP contribution in [0.15, 0.2) is 24.3 Å². The van der Waals surface area contributed by atoms with Gasteiger partial charge >= 0.3 is 0 Å². The lowest BCUT2D eigenvalue weighted by molar-refractivity contribution is 0.181. The van der Waals surface area contributed by atoms with Gasteiger partial charge in [-0.05, 0) is 24.3 Å². The molecule has 0 aliphatic rings. The van der Waals surface area contributed by atoms with Crippen LogP contribution in [0.25, 0.3) is 5.69 Å². The summed E-state index contributed by atoms with van der Waals surface area (Å²) in [5.74, 6) is 0. The van der Waals surface area contributed by atoms with Crippen molar-refractivity contribution in [2.45, 2.75) is 6.61 Å². The first kappa shape index (κ1) is 13.1. The van der Waals surface area contributed by atoms with Crippen LogP contribution < -0.4 is 0 Å². The average Bonchev–Trinajstić information content (AvgIpc) is 2.75. The highest BCUT2D eigenvalue weighted by atomic mass is 35.5. The molecule has 0 atom stereocenters. The van der Waals surface area contributed by atoms with Crippen molar-refractivity contribution in [2.24, 2.45) is 0 Å². The van der Waals surface area contributed by atoms with Crippen LogP contribution in [-0.4, -0.2) is 16.9 Å². The zero-order valence-corrected chi connectivity index (χ0v) is 10.8. The molecule has 0 saturated carbocycles. The molecule has 19 heavy (non-hydrogen) atoms. The number of hydrogen-bond acceptors (Lipinski definition) is 4. The number of methoxy groups -OCH3 is 1. The van der Waals surface area contributed by atoms with E-state index in [1.807, 2.05) is 12.1 Å². The maximum Gasteiger partial charge on any atom is 0.151 e. The fraction of sp³-hybridized carbons (Fsp3) is 0.154. The quantitative estimate of drug-likeness (QED) is 0.860. The van der Waals surface area contributed by atoms with E-state index in [1.54, 1.807) is 24.3 Å². The highest BCUT2D eigenvalue weighted by Crippen LogP contribution is 2.23. The topological polar surface area (TPSA) is 74.6 Å². The number of benzene rings is 1. The number of ether oxygens (including phenoxy) is 1. The van der Waals surface area contributed by atoms with Gasteiger partial charge in [0.05, 0.1) is 23.9 Å². The minimum Gasteiger partial charge on any atom is -0.378 e. The number of nitrogens with zero attached hydrogens (tertiary/aromatic N) is 4. The first-order valence-electron chi connectivity index (χ1n) is 5.38. The van der Waals surface area contributed by atoms with Gasteiger partial charge in [0.1, 0.15) is 17.3 Å².